The molecule has 1 atom stereocenters. The second-order valence-corrected chi connectivity index (χ2v) is 4.59. The predicted octanol–water partition coefficient (Wildman–Crippen LogP) is 2.19. The predicted molar refractivity (Wildman–Crippen MR) is 68.4 cm³/mol. The zero-order valence-corrected chi connectivity index (χ0v) is 10.9. The first-order valence-electron chi connectivity index (χ1n) is 6.00. The number of nitrogens with zero attached hydrogens (tertiary/aromatic N) is 2. The summed E-state index contributed by atoms with van der Waals surface area (Å²) in [7, 11) is 1.81. The quantitative estimate of drug-likeness (QED) is 0.668. The summed E-state index contributed by atoms with van der Waals surface area (Å²) in [5.74, 6) is 5.46. The van der Waals surface area contributed by atoms with E-state index in [4.69, 9.17) is 5.84 Å². The Balaban J connectivity index is 2.20. The molecule has 0 bridgehead atoms. The highest BCUT2D eigenvalue weighted by molar-refractivity contribution is 5.27. The van der Waals surface area contributed by atoms with Gasteiger partial charge in [-0.25, -0.2) is 4.98 Å². The number of aromatic nitrogens is 2. The van der Waals surface area contributed by atoms with Crippen LogP contribution in [-0.4, -0.2) is 9.55 Å². The average Bonchev–Trinajstić information content (AvgIpc) is 2.82. The molecule has 1 unspecified atom stereocenters. The molecule has 0 saturated heterocycles. The van der Waals surface area contributed by atoms with Crippen molar-refractivity contribution in [3.05, 3.63) is 53.6 Å². The van der Waals surface area contributed by atoms with Crippen LogP contribution in [0.5, 0.6) is 0 Å². The lowest BCUT2D eigenvalue weighted by molar-refractivity contribution is -0.137. The zero-order valence-electron chi connectivity index (χ0n) is 10.9. The molecular formula is C13H15F3N4. The summed E-state index contributed by atoms with van der Waals surface area (Å²) in [5.41, 5.74) is 3.16. The third-order valence-corrected chi connectivity index (χ3v) is 2.98. The molecule has 0 aliphatic heterocycles. The van der Waals surface area contributed by atoms with E-state index in [-0.39, 0.29) is 6.04 Å². The number of rotatable bonds is 4. The number of aryl methyl sites for hydroxylation is 1. The van der Waals surface area contributed by atoms with Crippen LogP contribution in [0.1, 0.15) is 22.9 Å². The largest absolute Gasteiger partial charge is 0.416 e. The van der Waals surface area contributed by atoms with Gasteiger partial charge in [0.25, 0.3) is 0 Å². The van der Waals surface area contributed by atoms with Crippen LogP contribution in [0.2, 0.25) is 0 Å². The molecule has 0 saturated carbocycles. The van der Waals surface area contributed by atoms with Crippen molar-refractivity contribution >= 4 is 0 Å². The maximum Gasteiger partial charge on any atom is 0.416 e. The maximum atomic E-state index is 12.7. The van der Waals surface area contributed by atoms with Gasteiger partial charge in [-0.2, -0.15) is 13.2 Å². The Labute approximate surface area is 114 Å². The van der Waals surface area contributed by atoms with E-state index in [1.165, 1.54) is 6.07 Å². The smallest absolute Gasteiger partial charge is 0.340 e. The highest BCUT2D eigenvalue weighted by Crippen LogP contribution is 2.30. The van der Waals surface area contributed by atoms with Gasteiger partial charge in [0.15, 0.2) is 0 Å². The molecule has 0 fully saturated rings. The molecule has 7 heteroatoms. The molecule has 0 amide bonds. The lowest BCUT2D eigenvalue weighted by atomic mass is 10.0. The van der Waals surface area contributed by atoms with Gasteiger partial charge in [0.05, 0.1) is 23.6 Å². The number of benzene rings is 1. The molecule has 1 aromatic carbocycles. The Morgan fingerprint density at radius 1 is 1.40 bits per heavy atom. The number of alkyl halides is 3. The highest BCUT2D eigenvalue weighted by Gasteiger charge is 2.30. The molecule has 20 heavy (non-hydrogen) atoms. The molecule has 1 aromatic heterocycles. The van der Waals surface area contributed by atoms with E-state index in [0.717, 1.165) is 12.1 Å². The Morgan fingerprint density at radius 3 is 2.70 bits per heavy atom. The number of imidazole rings is 1. The van der Waals surface area contributed by atoms with Gasteiger partial charge in [0.2, 0.25) is 0 Å². The van der Waals surface area contributed by atoms with E-state index in [2.05, 4.69) is 10.4 Å². The van der Waals surface area contributed by atoms with E-state index >= 15 is 0 Å². The van der Waals surface area contributed by atoms with Crippen LogP contribution >= 0.6 is 0 Å². The lowest BCUT2D eigenvalue weighted by Crippen LogP contribution is -2.30. The number of hydrogen-bond donors (Lipinski definition) is 2. The fourth-order valence-corrected chi connectivity index (χ4v) is 1.97. The summed E-state index contributed by atoms with van der Waals surface area (Å²) in [6.07, 6.45) is -0.617. The summed E-state index contributed by atoms with van der Waals surface area (Å²) < 4.78 is 39.7. The molecular weight excluding hydrogens is 269 g/mol. The SMILES string of the molecule is Cn1cnc(C(Cc2cccc(C(F)(F)F)c2)NN)c1. The minimum Gasteiger partial charge on any atom is -0.340 e. The van der Waals surface area contributed by atoms with E-state index in [1.54, 1.807) is 23.2 Å². The van der Waals surface area contributed by atoms with Crippen LogP contribution in [0.15, 0.2) is 36.8 Å². The molecule has 0 aliphatic carbocycles. The number of nitrogens with one attached hydrogen (secondary N) is 1. The van der Waals surface area contributed by atoms with E-state index in [0.29, 0.717) is 17.7 Å². The molecule has 2 rings (SSSR count). The molecule has 0 spiro atoms. The van der Waals surface area contributed by atoms with Crippen LogP contribution < -0.4 is 11.3 Å². The second kappa shape index (κ2) is 5.64. The van der Waals surface area contributed by atoms with Gasteiger partial charge in [-0.3, -0.25) is 11.3 Å². The number of hydrogen-bond acceptors (Lipinski definition) is 3. The van der Waals surface area contributed by atoms with Crippen LogP contribution in [0.25, 0.3) is 0 Å². The molecule has 4 nitrogen and oxygen atoms in total. The third-order valence-electron chi connectivity index (χ3n) is 2.98. The first-order chi connectivity index (χ1) is 9.40. The van der Waals surface area contributed by atoms with Crippen LogP contribution in [-0.2, 0) is 19.6 Å². The van der Waals surface area contributed by atoms with Crippen molar-refractivity contribution in [2.24, 2.45) is 12.9 Å². The molecule has 2 aromatic rings. The maximum absolute atomic E-state index is 12.7. The average molecular weight is 284 g/mol. The van der Waals surface area contributed by atoms with Gasteiger partial charge in [0.1, 0.15) is 0 Å². The highest BCUT2D eigenvalue weighted by atomic mass is 19.4. The zero-order chi connectivity index (χ0) is 14.8. The fourth-order valence-electron chi connectivity index (χ4n) is 1.97. The topological polar surface area (TPSA) is 55.9 Å². The van der Waals surface area contributed by atoms with Crippen LogP contribution in [0.3, 0.4) is 0 Å². The van der Waals surface area contributed by atoms with Crippen molar-refractivity contribution in [2.45, 2.75) is 18.6 Å². The fraction of sp³-hybridized carbons (Fsp3) is 0.308. The normalized spacial score (nSPS) is 13.4. The standard InChI is InChI=1S/C13H15F3N4/c1-20-7-12(18-8-20)11(19-17)6-9-3-2-4-10(5-9)13(14,15)16/h2-5,7-8,11,19H,6,17H2,1H3. The van der Waals surface area contributed by atoms with E-state index < -0.39 is 11.7 Å². The summed E-state index contributed by atoms with van der Waals surface area (Å²) in [4.78, 5) is 4.15. The Kier molecular flexibility index (Phi) is 4.10. The van der Waals surface area contributed by atoms with Crippen molar-refractivity contribution < 1.29 is 13.2 Å². The molecule has 0 radical (unpaired) electrons. The number of nitrogens with two attached hydrogens (primary N) is 1. The van der Waals surface area contributed by atoms with Gasteiger partial charge in [-0.15, -0.1) is 0 Å². The van der Waals surface area contributed by atoms with Crippen molar-refractivity contribution in [2.75, 3.05) is 0 Å². The first-order valence-corrected chi connectivity index (χ1v) is 6.00. The second-order valence-electron chi connectivity index (χ2n) is 4.59. The Bertz CT molecular complexity index is 577. The molecule has 1 heterocycles. The summed E-state index contributed by atoms with van der Waals surface area (Å²) in [6, 6.07) is 4.88. The van der Waals surface area contributed by atoms with E-state index in [9.17, 15) is 13.2 Å². The summed E-state index contributed by atoms with van der Waals surface area (Å²) >= 11 is 0. The summed E-state index contributed by atoms with van der Waals surface area (Å²) in [5, 5.41) is 0. The van der Waals surface area contributed by atoms with Gasteiger partial charge in [0, 0.05) is 13.2 Å². The monoisotopic (exact) mass is 284 g/mol. The Morgan fingerprint density at radius 2 is 2.15 bits per heavy atom. The Hall–Kier alpha value is -1.86. The van der Waals surface area contributed by atoms with Gasteiger partial charge in [-0.05, 0) is 18.1 Å². The molecule has 0 aliphatic rings. The van der Waals surface area contributed by atoms with Crippen molar-refractivity contribution in [1.29, 1.82) is 0 Å². The summed E-state index contributed by atoms with van der Waals surface area (Å²) in [6.45, 7) is 0. The minimum absolute atomic E-state index is 0.331. The first kappa shape index (κ1) is 14.5. The van der Waals surface area contributed by atoms with Crippen molar-refractivity contribution in [1.82, 2.24) is 15.0 Å². The van der Waals surface area contributed by atoms with Crippen molar-refractivity contribution in [3.8, 4) is 0 Å². The number of halogens is 3. The molecule has 3 N–H and O–H groups in total. The lowest BCUT2D eigenvalue weighted by Gasteiger charge is -2.15. The van der Waals surface area contributed by atoms with E-state index in [1.807, 2.05) is 7.05 Å². The third kappa shape index (κ3) is 3.37. The van der Waals surface area contributed by atoms with Gasteiger partial charge >= 0.3 is 6.18 Å². The number of hydrazine groups is 1. The molecule has 108 valence electrons. The van der Waals surface area contributed by atoms with Crippen LogP contribution in [0.4, 0.5) is 13.2 Å². The van der Waals surface area contributed by atoms with Crippen LogP contribution in [0, 0.1) is 0 Å². The minimum atomic E-state index is -4.34. The van der Waals surface area contributed by atoms with Crippen molar-refractivity contribution in [3.63, 3.8) is 0 Å². The van der Waals surface area contributed by atoms with Gasteiger partial charge < -0.3 is 4.57 Å². The van der Waals surface area contributed by atoms with Gasteiger partial charge in [-0.1, -0.05) is 18.2 Å².